The quantitative estimate of drug-likeness (QED) is 0.667. The average Bonchev–Trinajstić information content (AvgIpc) is 2.44. The molecule has 0 heteroatoms. The molecule has 1 aliphatic carbocycles. The van der Waals surface area contributed by atoms with Crippen LogP contribution in [0.5, 0.6) is 0 Å². The van der Waals surface area contributed by atoms with Gasteiger partial charge in [0.2, 0.25) is 0 Å². The Bertz CT molecular complexity index is 673. The molecule has 0 atom stereocenters. The van der Waals surface area contributed by atoms with Crippen LogP contribution in [-0.2, 0) is 6.42 Å². The number of hydrogen-bond acceptors (Lipinski definition) is 0. The Morgan fingerprint density at radius 1 is 0.947 bits per heavy atom. The fourth-order valence-electron chi connectivity index (χ4n) is 2.80. The lowest BCUT2D eigenvalue weighted by atomic mass is 9.82. The Kier molecular flexibility index (Phi) is 2.87. The minimum Gasteiger partial charge on any atom is -0.0905 e. The molecule has 0 bridgehead atoms. The van der Waals surface area contributed by atoms with Crippen LogP contribution in [-0.4, -0.2) is 0 Å². The van der Waals surface area contributed by atoms with E-state index in [2.05, 4.69) is 69.0 Å². The Hall–Kier alpha value is -2.08. The van der Waals surface area contributed by atoms with Crippen molar-refractivity contribution in [2.24, 2.45) is 0 Å². The van der Waals surface area contributed by atoms with Gasteiger partial charge in [0, 0.05) is 0 Å². The Balaban J connectivity index is 2.10. The van der Waals surface area contributed by atoms with E-state index in [0.29, 0.717) is 0 Å². The van der Waals surface area contributed by atoms with Crippen LogP contribution < -0.4 is 0 Å². The van der Waals surface area contributed by atoms with E-state index in [0.717, 1.165) is 12.0 Å². The van der Waals surface area contributed by atoms with Gasteiger partial charge in [0.15, 0.2) is 0 Å². The summed E-state index contributed by atoms with van der Waals surface area (Å²) in [5.41, 5.74) is 9.20. The highest BCUT2D eigenvalue weighted by molar-refractivity contribution is 6.06. The fourth-order valence-corrected chi connectivity index (χ4v) is 2.80. The summed E-state index contributed by atoms with van der Waals surface area (Å²) in [5.74, 6) is 0. The van der Waals surface area contributed by atoms with E-state index in [4.69, 9.17) is 0 Å². The van der Waals surface area contributed by atoms with Gasteiger partial charge in [0.05, 0.1) is 0 Å². The van der Waals surface area contributed by atoms with E-state index < -0.39 is 0 Å². The first kappa shape index (κ1) is 12.0. The number of aryl methyl sites for hydroxylation is 1. The first-order chi connectivity index (χ1) is 9.18. The molecular formula is C19H18. The van der Waals surface area contributed by atoms with Gasteiger partial charge in [-0.1, -0.05) is 55.1 Å². The van der Waals surface area contributed by atoms with Crippen LogP contribution in [0.4, 0.5) is 0 Å². The van der Waals surface area contributed by atoms with Gasteiger partial charge in [-0.25, -0.2) is 0 Å². The van der Waals surface area contributed by atoms with Crippen LogP contribution in [0, 0.1) is 13.8 Å². The Morgan fingerprint density at radius 3 is 2.42 bits per heavy atom. The van der Waals surface area contributed by atoms with Crippen molar-refractivity contribution in [3.63, 3.8) is 0 Å². The molecule has 0 radical (unpaired) electrons. The maximum Gasteiger partial charge on any atom is -0.00791 e. The zero-order chi connectivity index (χ0) is 13.4. The average molecular weight is 246 g/mol. The zero-order valence-corrected chi connectivity index (χ0v) is 11.5. The number of allylic oxidation sites excluding steroid dienone is 3. The first-order valence-electron chi connectivity index (χ1n) is 6.73. The third kappa shape index (κ3) is 1.94. The van der Waals surface area contributed by atoms with Crippen molar-refractivity contribution in [3.05, 3.63) is 82.9 Å². The van der Waals surface area contributed by atoms with Gasteiger partial charge in [-0.3, -0.25) is 0 Å². The number of benzene rings is 2. The van der Waals surface area contributed by atoms with Crippen molar-refractivity contribution in [2.75, 3.05) is 0 Å². The second-order valence-electron chi connectivity index (χ2n) is 5.20. The highest BCUT2D eigenvalue weighted by atomic mass is 14.2. The summed E-state index contributed by atoms with van der Waals surface area (Å²) >= 11 is 0. The third-order valence-corrected chi connectivity index (χ3v) is 4.11. The summed E-state index contributed by atoms with van der Waals surface area (Å²) < 4.78 is 0. The predicted octanol–water partition coefficient (Wildman–Crippen LogP) is 4.96. The standard InChI is InChI=1S/C19H18/c1-13-9-10-19-15(3)17(11-12-18(19)14(13)2)16-7-5-4-6-8-16/h4-11H,3,12H2,1-2H3. The molecule has 0 nitrogen and oxygen atoms in total. The van der Waals surface area contributed by atoms with E-state index in [1.807, 2.05) is 0 Å². The van der Waals surface area contributed by atoms with E-state index >= 15 is 0 Å². The molecule has 0 spiro atoms. The highest BCUT2D eigenvalue weighted by Crippen LogP contribution is 2.37. The molecule has 0 saturated heterocycles. The minimum absolute atomic E-state index is 1.01. The molecule has 2 aromatic carbocycles. The molecule has 94 valence electrons. The molecule has 0 fully saturated rings. The second-order valence-corrected chi connectivity index (χ2v) is 5.20. The van der Waals surface area contributed by atoms with Crippen molar-refractivity contribution in [3.8, 4) is 0 Å². The molecule has 0 heterocycles. The summed E-state index contributed by atoms with van der Waals surface area (Å²) in [6.07, 6.45) is 3.32. The smallest absolute Gasteiger partial charge is 0.00791 e. The lowest BCUT2D eigenvalue weighted by molar-refractivity contribution is 1.16. The van der Waals surface area contributed by atoms with Gasteiger partial charge in [-0.15, -0.1) is 0 Å². The van der Waals surface area contributed by atoms with E-state index in [-0.39, 0.29) is 0 Å². The summed E-state index contributed by atoms with van der Waals surface area (Å²) in [7, 11) is 0. The molecule has 0 amide bonds. The van der Waals surface area contributed by atoms with Crippen molar-refractivity contribution in [2.45, 2.75) is 20.3 Å². The van der Waals surface area contributed by atoms with Crippen LogP contribution in [0.25, 0.3) is 11.1 Å². The van der Waals surface area contributed by atoms with Gasteiger partial charge >= 0.3 is 0 Å². The first-order valence-corrected chi connectivity index (χ1v) is 6.73. The molecule has 1 aliphatic rings. The van der Waals surface area contributed by atoms with Crippen molar-refractivity contribution < 1.29 is 0 Å². The summed E-state index contributed by atoms with van der Waals surface area (Å²) in [4.78, 5) is 0. The van der Waals surface area contributed by atoms with Gasteiger partial charge in [0.25, 0.3) is 0 Å². The predicted molar refractivity (Wildman–Crippen MR) is 83.1 cm³/mol. The van der Waals surface area contributed by atoms with Crippen LogP contribution in [0.1, 0.15) is 27.8 Å². The topological polar surface area (TPSA) is 0 Å². The molecular weight excluding hydrogens is 228 g/mol. The Morgan fingerprint density at radius 2 is 1.68 bits per heavy atom. The monoisotopic (exact) mass is 246 g/mol. The second kappa shape index (κ2) is 4.55. The summed E-state index contributed by atoms with van der Waals surface area (Å²) in [6, 6.07) is 14.9. The molecule has 0 N–H and O–H groups in total. The molecule has 2 aromatic rings. The maximum atomic E-state index is 4.32. The Labute approximate surface area is 115 Å². The number of hydrogen-bond donors (Lipinski definition) is 0. The molecule has 0 unspecified atom stereocenters. The van der Waals surface area contributed by atoms with Crippen LogP contribution in [0.2, 0.25) is 0 Å². The summed E-state index contributed by atoms with van der Waals surface area (Å²) in [6.45, 7) is 8.70. The van der Waals surface area contributed by atoms with Crippen LogP contribution >= 0.6 is 0 Å². The fraction of sp³-hybridized carbons (Fsp3) is 0.158. The van der Waals surface area contributed by atoms with Gasteiger partial charge < -0.3 is 0 Å². The lowest BCUT2D eigenvalue weighted by Crippen LogP contribution is -2.04. The van der Waals surface area contributed by atoms with Crippen molar-refractivity contribution >= 4 is 11.1 Å². The molecule has 0 saturated carbocycles. The van der Waals surface area contributed by atoms with Crippen molar-refractivity contribution in [1.82, 2.24) is 0 Å². The number of rotatable bonds is 1. The maximum absolute atomic E-state index is 4.32. The van der Waals surface area contributed by atoms with E-state index in [1.165, 1.54) is 33.4 Å². The third-order valence-electron chi connectivity index (χ3n) is 4.11. The van der Waals surface area contributed by atoms with Gasteiger partial charge in [0.1, 0.15) is 0 Å². The summed E-state index contributed by atoms with van der Waals surface area (Å²) in [5, 5.41) is 0. The molecule has 3 rings (SSSR count). The van der Waals surface area contributed by atoms with E-state index in [1.54, 1.807) is 0 Å². The minimum atomic E-state index is 1.01. The van der Waals surface area contributed by atoms with Gasteiger partial charge in [-0.2, -0.15) is 0 Å². The van der Waals surface area contributed by atoms with Crippen LogP contribution in [0.3, 0.4) is 0 Å². The lowest BCUT2D eigenvalue weighted by Gasteiger charge is -2.22. The largest absolute Gasteiger partial charge is 0.0905 e. The van der Waals surface area contributed by atoms with Crippen LogP contribution in [0.15, 0.2) is 55.1 Å². The van der Waals surface area contributed by atoms with Crippen molar-refractivity contribution in [1.29, 1.82) is 0 Å². The zero-order valence-electron chi connectivity index (χ0n) is 11.5. The SMILES string of the molecule is C=C1C(c2ccccc2)=CCc2c1ccc(C)c2C. The molecule has 0 aromatic heterocycles. The molecule has 19 heavy (non-hydrogen) atoms. The number of fused-ring (bicyclic) bond motifs is 1. The molecule has 0 aliphatic heterocycles. The van der Waals surface area contributed by atoms with Gasteiger partial charge in [-0.05, 0) is 59.2 Å². The van der Waals surface area contributed by atoms with E-state index in [9.17, 15) is 0 Å². The highest BCUT2D eigenvalue weighted by Gasteiger charge is 2.18. The normalized spacial score (nSPS) is 14.0.